The van der Waals surface area contributed by atoms with E-state index in [-0.39, 0.29) is 28.3 Å². The number of ether oxygens (including phenoxy) is 4. The molecule has 0 fully saturated rings. The van der Waals surface area contributed by atoms with Crippen molar-refractivity contribution in [3.05, 3.63) is 93.0 Å². The molecule has 4 rings (SSSR count). The van der Waals surface area contributed by atoms with Gasteiger partial charge in [0.25, 0.3) is 5.56 Å². The lowest BCUT2D eigenvalue weighted by atomic mass is 9.82. The molecular weight excluding hydrogens is 438 g/mol. The van der Waals surface area contributed by atoms with Crippen LogP contribution < -0.4 is 25.5 Å². The quantitative estimate of drug-likeness (QED) is 0.555. The lowest BCUT2D eigenvalue weighted by molar-refractivity contribution is -0.136. The zero-order valence-corrected chi connectivity index (χ0v) is 19.3. The number of rotatable bonds is 6. The number of hydrogen-bond acceptors (Lipinski definition) is 8. The smallest absolute Gasteiger partial charge is 0.340 e. The highest BCUT2D eigenvalue weighted by Gasteiger charge is 2.39. The maximum atomic E-state index is 13.9. The predicted octanol–water partition coefficient (Wildman–Crippen LogP) is 2.48. The molecule has 0 saturated carbocycles. The second-order valence-electron chi connectivity index (χ2n) is 7.73. The topological polar surface area (TPSA) is 115 Å². The van der Waals surface area contributed by atoms with Crippen molar-refractivity contribution >= 4 is 5.97 Å². The molecule has 0 spiro atoms. The van der Waals surface area contributed by atoms with Crippen molar-refractivity contribution in [2.45, 2.75) is 19.4 Å². The molecule has 9 heteroatoms. The lowest BCUT2D eigenvalue weighted by Gasteiger charge is -2.30. The van der Waals surface area contributed by atoms with Gasteiger partial charge >= 0.3 is 5.97 Å². The Labute approximate surface area is 196 Å². The third-order valence-corrected chi connectivity index (χ3v) is 5.79. The summed E-state index contributed by atoms with van der Waals surface area (Å²) in [5.74, 6) is -0.518. The number of benzene rings is 1. The number of aryl methyl sites for hydroxylation is 1. The summed E-state index contributed by atoms with van der Waals surface area (Å²) in [6.07, 6.45) is 3.36. The molecule has 2 N–H and O–H groups in total. The molecule has 0 aliphatic carbocycles. The van der Waals surface area contributed by atoms with Crippen molar-refractivity contribution in [1.82, 2.24) is 9.55 Å². The van der Waals surface area contributed by atoms with Crippen molar-refractivity contribution in [2.75, 3.05) is 21.3 Å². The first-order chi connectivity index (χ1) is 16.4. The van der Waals surface area contributed by atoms with Crippen molar-refractivity contribution < 1.29 is 23.7 Å². The molecule has 2 aromatic heterocycles. The van der Waals surface area contributed by atoms with Crippen LogP contribution in [0.3, 0.4) is 0 Å². The van der Waals surface area contributed by atoms with E-state index in [1.54, 1.807) is 54.2 Å². The summed E-state index contributed by atoms with van der Waals surface area (Å²) in [6, 6.07) is 10.6. The molecule has 1 aliphatic heterocycles. The number of hydrogen-bond donors (Lipinski definition) is 1. The third-order valence-electron chi connectivity index (χ3n) is 5.79. The summed E-state index contributed by atoms with van der Waals surface area (Å²) in [7, 11) is 4.28. The van der Waals surface area contributed by atoms with Crippen molar-refractivity contribution in [3.8, 4) is 17.2 Å². The molecule has 1 aliphatic rings. The maximum absolute atomic E-state index is 13.9. The van der Waals surface area contributed by atoms with E-state index < -0.39 is 11.9 Å². The van der Waals surface area contributed by atoms with E-state index >= 15 is 0 Å². The lowest BCUT2D eigenvalue weighted by Crippen LogP contribution is -2.35. The molecule has 34 heavy (non-hydrogen) atoms. The monoisotopic (exact) mass is 463 g/mol. The first-order valence-electron chi connectivity index (χ1n) is 10.5. The van der Waals surface area contributed by atoms with Gasteiger partial charge in [0.05, 0.1) is 39.4 Å². The van der Waals surface area contributed by atoms with Gasteiger partial charge in [0.1, 0.15) is 22.8 Å². The molecular formula is C25H25N3O6. The third kappa shape index (κ3) is 3.96. The summed E-state index contributed by atoms with van der Waals surface area (Å²) < 4.78 is 23.3. The molecule has 9 nitrogen and oxygen atoms in total. The van der Waals surface area contributed by atoms with E-state index in [0.717, 1.165) is 5.56 Å². The van der Waals surface area contributed by atoms with Gasteiger partial charge < -0.3 is 29.2 Å². The van der Waals surface area contributed by atoms with Crippen LogP contribution in [0.15, 0.2) is 65.0 Å². The Bertz CT molecular complexity index is 1330. The molecule has 0 unspecified atom stereocenters. The summed E-state index contributed by atoms with van der Waals surface area (Å²) in [6.45, 7) is 2.10. The Morgan fingerprint density at radius 3 is 2.62 bits per heavy atom. The number of pyridine rings is 2. The molecule has 1 aromatic carbocycles. The van der Waals surface area contributed by atoms with Crippen molar-refractivity contribution in [1.29, 1.82) is 0 Å². The van der Waals surface area contributed by atoms with Gasteiger partial charge in [-0.2, -0.15) is 0 Å². The molecule has 3 aromatic rings. The van der Waals surface area contributed by atoms with Gasteiger partial charge in [-0.1, -0.05) is 6.07 Å². The molecule has 3 heterocycles. The van der Waals surface area contributed by atoms with E-state index in [0.29, 0.717) is 29.3 Å². The van der Waals surface area contributed by atoms with Crippen molar-refractivity contribution in [3.63, 3.8) is 0 Å². The maximum Gasteiger partial charge on any atom is 0.340 e. The highest BCUT2D eigenvalue weighted by molar-refractivity contribution is 5.92. The first kappa shape index (κ1) is 22.9. The van der Waals surface area contributed by atoms with E-state index in [4.69, 9.17) is 24.7 Å². The largest absolute Gasteiger partial charge is 0.497 e. The number of carbonyl (C=O) groups excluding carboxylic acids is 1. The Hall–Kier alpha value is -4.27. The van der Waals surface area contributed by atoms with Crippen LogP contribution in [0, 0.1) is 6.92 Å². The van der Waals surface area contributed by atoms with E-state index in [1.165, 1.54) is 21.3 Å². The van der Waals surface area contributed by atoms with Crippen LogP contribution in [0.1, 0.15) is 28.3 Å². The van der Waals surface area contributed by atoms with Gasteiger partial charge in [-0.3, -0.25) is 9.78 Å². The van der Waals surface area contributed by atoms with Crippen LogP contribution in [0.25, 0.3) is 0 Å². The van der Waals surface area contributed by atoms with Crippen LogP contribution in [0.2, 0.25) is 0 Å². The average Bonchev–Trinajstić information content (AvgIpc) is 2.85. The first-order valence-corrected chi connectivity index (χ1v) is 10.5. The Morgan fingerprint density at radius 1 is 1.18 bits per heavy atom. The minimum atomic E-state index is -0.908. The predicted molar refractivity (Wildman–Crippen MR) is 124 cm³/mol. The zero-order chi connectivity index (χ0) is 24.4. The molecule has 176 valence electrons. The van der Waals surface area contributed by atoms with E-state index in [1.807, 2.05) is 6.07 Å². The Kier molecular flexibility index (Phi) is 6.27. The number of aromatic nitrogens is 2. The van der Waals surface area contributed by atoms with Crippen molar-refractivity contribution in [2.24, 2.45) is 5.73 Å². The summed E-state index contributed by atoms with van der Waals surface area (Å²) in [4.78, 5) is 30.9. The average molecular weight is 463 g/mol. The van der Waals surface area contributed by atoms with Gasteiger partial charge in [0.15, 0.2) is 0 Å². The second kappa shape index (κ2) is 9.30. The van der Waals surface area contributed by atoms with Gasteiger partial charge in [-0.05, 0) is 36.8 Å². The Morgan fingerprint density at radius 2 is 1.97 bits per heavy atom. The van der Waals surface area contributed by atoms with E-state index in [9.17, 15) is 9.59 Å². The van der Waals surface area contributed by atoms with Crippen LogP contribution >= 0.6 is 0 Å². The van der Waals surface area contributed by atoms with Gasteiger partial charge in [0.2, 0.25) is 5.88 Å². The summed E-state index contributed by atoms with van der Waals surface area (Å²) >= 11 is 0. The number of esters is 1. The molecule has 0 bridgehead atoms. The highest BCUT2D eigenvalue weighted by Crippen LogP contribution is 2.45. The second-order valence-corrected chi connectivity index (χ2v) is 7.73. The summed E-state index contributed by atoms with van der Waals surface area (Å²) in [5.41, 5.74) is 8.15. The number of carbonyl (C=O) groups is 1. The van der Waals surface area contributed by atoms with E-state index in [2.05, 4.69) is 4.98 Å². The SMILES string of the molecule is COC(=O)C1=C(N)Oc2cc(C)n(Cc3cccnc3)c(=O)c2[C@@H]1c1cc(OC)ccc1OC. The minimum Gasteiger partial charge on any atom is -0.497 e. The molecule has 0 radical (unpaired) electrons. The standard InChI is InChI=1S/C25H25N3O6/c1-14-10-19-21(24(29)28(14)13-15-6-5-9-27-12-15)20(22(23(26)34-19)25(30)33-4)17-11-16(31-2)7-8-18(17)32-3/h5-12,20H,13,26H2,1-4H3/t20-/m0/s1. The number of methoxy groups -OCH3 is 3. The van der Waals surface area contributed by atoms with Gasteiger partial charge in [-0.15, -0.1) is 0 Å². The van der Waals surface area contributed by atoms with Gasteiger partial charge in [-0.25, -0.2) is 4.79 Å². The zero-order valence-electron chi connectivity index (χ0n) is 19.3. The summed E-state index contributed by atoms with van der Waals surface area (Å²) in [5, 5.41) is 0. The number of nitrogens with zero attached hydrogens (tertiary/aromatic N) is 2. The number of nitrogens with two attached hydrogens (primary N) is 1. The minimum absolute atomic E-state index is 0.00966. The Balaban J connectivity index is 2.01. The van der Waals surface area contributed by atoms with Crippen LogP contribution in [0.5, 0.6) is 17.2 Å². The normalized spacial score (nSPS) is 14.8. The van der Waals surface area contributed by atoms with Crippen LogP contribution in [-0.4, -0.2) is 36.8 Å². The fraction of sp³-hybridized carbons (Fsp3) is 0.240. The molecule has 0 amide bonds. The fourth-order valence-corrected chi connectivity index (χ4v) is 4.14. The molecule has 0 saturated heterocycles. The van der Waals surface area contributed by atoms with Crippen LogP contribution in [0.4, 0.5) is 0 Å². The highest BCUT2D eigenvalue weighted by atomic mass is 16.5. The molecule has 1 atom stereocenters. The van der Waals surface area contributed by atoms with Crippen LogP contribution in [-0.2, 0) is 16.1 Å². The number of fused-ring (bicyclic) bond motifs is 1. The fourth-order valence-electron chi connectivity index (χ4n) is 4.14. The van der Waals surface area contributed by atoms with Gasteiger partial charge in [0, 0.05) is 29.7 Å².